The normalized spacial score (nSPS) is 46.2. The lowest BCUT2D eigenvalue weighted by Crippen LogP contribution is -2.69. The Morgan fingerprint density at radius 2 is 1.62 bits per heavy atom. The maximum absolute atomic E-state index is 14.6. The van der Waals surface area contributed by atoms with E-state index in [2.05, 4.69) is 50.9 Å². The van der Waals surface area contributed by atoms with Gasteiger partial charge in [0, 0.05) is 24.7 Å². The first-order valence-corrected chi connectivity index (χ1v) is 15.1. The molecule has 4 saturated carbocycles. The van der Waals surface area contributed by atoms with Gasteiger partial charge in [0.2, 0.25) is 11.8 Å². The van der Waals surface area contributed by atoms with Gasteiger partial charge in [0.05, 0.1) is 11.0 Å². The maximum Gasteiger partial charge on any atom is 0.222 e. The van der Waals surface area contributed by atoms with Crippen LogP contribution < -0.4 is 0 Å². The number of hydrogen-bond acceptors (Lipinski definition) is 6. The number of carbonyl (C=O) groups excluding carboxylic acids is 2. The van der Waals surface area contributed by atoms with Crippen molar-refractivity contribution in [1.29, 1.82) is 5.26 Å². The van der Waals surface area contributed by atoms with E-state index >= 15 is 0 Å². The number of rotatable bonds is 1. The Kier molecular flexibility index (Phi) is 5.46. The van der Waals surface area contributed by atoms with Gasteiger partial charge in [-0.2, -0.15) is 5.26 Å². The summed E-state index contributed by atoms with van der Waals surface area (Å²) in [4.78, 5) is 27.9. The maximum atomic E-state index is 14.6. The fourth-order valence-corrected chi connectivity index (χ4v) is 11.2. The van der Waals surface area contributed by atoms with Crippen LogP contribution in [0.15, 0.2) is 16.1 Å². The number of aryl methyl sites for hydroxylation is 1. The van der Waals surface area contributed by atoms with Crippen molar-refractivity contribution >= 4 is 11.6 Å². The second-order valence-corrected chi connectivity index (χ2v) is 16.0. The molecule has 1 aromatic rings. The SMILES string of the molecule is Cc1nnc([C@]23CCC(C)(C)CC2[C@@H]2C(=O)CC4[C@@]5(C)C=C(C#N)C(=O)C(C)(C)C5CC[C@@]4(C)[C@]2(C)CC3)o1. The van der Waals surface area contributed by atoms with Crippen molar-refractivity contribution in [2.24, 2.45) is 50.7 Å². The summed E-state index contributed by atoms with van der Waals surface area (Å²) in [5.41, 5.74) is -1.04. The van der Waals surface area contributed by atoms with Crippen LogP contribution >= 0.6 is 0 Å². The molecule has 0 bridgehead atoms. The topological polar surface area (TPSA) is 96.9 Å². The zero-order valence-corrected chi connectivity index (χ0v) is 25.1. The van der Waals surface area contributed by atoms with Gasteiger partial charge >= 0.3 is 0 Å². The van der Waals surface area contributed by atoms with Crippen LogP contribution in [0.25, 0.3) is 0 Å². The molecular weight excluding hydrogens is 486 g/mol. The third-order valence-corrected chi connectivity index (χ3v) is 13.4. The monoisotopic (exact) mass is 531 g/mol. The molecule has 0 aliphatic heterocycles. The summed E-state index contributed by atoms with van der Waals surface area (Å²) in [5, 5.41) is 18.8. The number of carbonyl (C=O) groups is 2. The van der Waals surface area contributed by atoms with Crippen molar-refractivity contribution in [3.8, 4) is 6.07 Å². The van der Waals surface area contributed by atoms with E-state index < -0.39 is 5.41 Å². The summed E-state index contributed by atoms with van der Waals surface area (Å²) in [6.07, 6.45) is 9.42. The van der Waals surface area contributed by atoms with Gasteiger partial charge in [-0.15, -0.1) is 10.2 Å². The first kappa shape index (κ1) is 26.9. The van der Waals surface area contributed by atoms with E-state index in [4.69, 9.17) is 4.42 Å². The molecule has 4 fully saturated rings. The van der Waals surface area contributed by atoms with Crippen LogP contribution in [0.5, 0.6) is 0 Å². The molecule has 6 rings (SSSR count). The highest BCUT2D eigenvalue weighted by atomic mass is 16.4. The second kappa shape index (κ2) is 7.92. The Morgan fingerprint density at radius 1 is 0.923 bits per heavy atom. The van der Waals surface area contributed by atoms with Crippen LogP contribution in [0.4, 0.5) is 0 Å². The van der Waals surface area contributed by atoms with Crippen molar-refractivity contribution in [1.82, 2.24) is 10.2 Å². The fourth-order valence-electron chi connectivity index (χ4n) is 11.2. The third-order valence-electron chi connectivity index (χ3n) is 13.4. The summed E-state index contributed by atoms with van der Waals surface area (Å²) in [5.74, 6) is 2.01. The smallest absolute Gasteiger partial charge is 0.222 e. The van der Waals surface area contributed by atoms with Crippen molar-refractivity contribution < 1.29 is 14.0 Å². The number of ketones is 2. The fraction of sp³-hybridized carbons (Fsp3) is 0.788. The predicted octanol–water partition coefficient (Wildman–Crippen LogP) is 6.93. The minimum Gasteiger partial charge on any atom is -0.425 e. The van der Waals surface area contributed by atoms with Gasteiger partial charge in [-0.3, -0.25) is 9.59 Å². The number of Topliss-reactive ketones (excluding diaryl/α,β-unsaturated/α-hetero) is 2. The lowest BCUT2D eigenvalue weighted by Gasteiger charge is -2.71. The van der Waals surface area contributed by atoms with E-state index in [1.54, 1.807) is 0 Å². The number of hydrogen-bond donors (Lipinski definition) is 0. The number of allylic oxidation sites excluding steroid dienone is 2. The predicted molar refractivity (Wildman–Crippen MR) is 147 cm³/mol. The molecule has 3 unspecified atom stereocenters. The van der Waals surface area contributed by atoms with Crippen molar-refractivity contribution in [3.05, 3.63) is 23.4 Å². The molecule has 0 amide bonds. The van der Waals surface area contributed by atoms with Crippen molar-refractivity contribution in [2.45, 2.75) is 112 Å². The van der Waals surface area contributed by atoms with Crippen LogP contribution in [-0.2, 0) is 15.0 Å². The van der Waals surface area contributed by atoms with Crippen molar-refractivity contribution in [2.75, 3.05) is 0 Å². The zero-order valence-electron chi connectivity index (χ0n) is 25.1. The minimum atomic E-state index is -0.610. The number of nitriles is 1. The first-order chi connectivity index (χ1) is 18.1. The second-order valence-electron chi connectivity index (χ2n) is 16.0. The highest BCUT2D eigenvalue weighted by Crippen LogP contribution is 2.75. The molecule has 6 heteroatoms. The summed E-state index contributed by atoms with van der Waals surface area (Å²) >= 11 is 0. The quantitative estimate of drug-likeness (QED) is 0.390. The van der Waals surface area contributed by atoms with Gasteiger partial charge < -0.3 is 4.42 Å². The molecule has 1 heterocycles. The van der Waals surface area contributed by atoms with E-state index in [1.807, 2.05) is 26.8 Å². The molecule has 5 aliphatic carbocycles. The molecule has 210 valence electrons. The molecular formula is C33H45N3O3. The first-order valence-electron chi connectivity index (χ1n) is 15.1. The van der Waals surface area contributed by atoms with Crippen LogP contribution in [0.1, 0.15) is 112 Å². The molecule has 0 spiro atoms. The van der Waals surface area contributed by atoms with Crippen molar-refractivity contribution in [3.63, 3.8) is 0 Å². The lowest BCUT2D eigenvalue weighted by molar-refractivity contribution is -0.215. The summed E-state index contributed by atoms with van der Waals surface area (Å²) in [6.45, 7) is 17.7. The lowest BCUT2D eigenvalue weighted by atomic mass is 9.31. The Labute approximate surface area is 233 Å². The highest BCUT2D eigenvalue weighted by molar-refractivity contribution is 6.04. The average Bonchev–Trinajstić information content (AvgIpc) is 3.29. The molecule has 8 atom stereocenters. The van der Waals surface area contributed by atoms with Crippen LogP contribution in [0.2, 0.25) is 0 Å². The molecule has 0 saturated heterocycles. The van der Waals surface area contributed by atoms with Gasteiger partial charge in [-0.05, 0) is 84.4 Å². The largest absolute Gasteiger partial charge is 0.425 e. The molecule has 0 radical (unpaired) electrons. The van der Waals surface area contributed by atoms with Gasteiger partial charge in [0.1, 0.15) is 11.9 Å². The Balaban J connectivity index is 1.49. The van der Waals surface area contributed by atoms with Crippen LogP contribution in [0.3, 0.4) is 0 Å². The summed E-state index contributed by atoms with van der Waals surface area (Å²) in [6, 6.07) is 2.23. The summed E-state index contributed by atoms with van der Waals surface area (Å²) in [7, 11) is 0. The standard InChI is InChI=1S/C33H45N3O3/c1-19-35-36-27(39-19)33-13-11-28(2,3)17-21(33)25-22(37)15-24-30(6)16-20(18-34)26(38)29(4,5)23(30)9-10-31(24,7)32(25,8)12-14-33/h16,21,23-25H,9-15,17H2,1-8H3/t21?,23?,24?,25-,30+,31-,32-,33+/m1/s1. The van der Waals surface area contributed by atoms with Crippen LogP contribution in [0, 0.1) is 69.0 Å². The molecule has 0 N–H and O–H groups in total. The summed E-state index contributed by atoms with van der Waals surface area (Å²) < 4.78 is 6.17. The van der Waals surface area contributed by atoms with Gasteiger partial charge in [0.15, 0.2) is 5.78 Å². The van der Waals surface area contributed by atoms with Gasteiger partial charge in [-0.25, -0.2) is 0 Å². The zero-order chi connectivity index (χ0) is 28.4. The van der Waals surface area contributed by atoms with E-state index in [0.29, 0.717) is 18.1 Å². The van der Waals surface area contributed by atoms with E-state index in [1.165, 1.54) is 0 Å². The molecule has 39 heavy (non-hydrogen) atoms. The minimum absolute atomic E-state index is 0.0379. The average molecular weight is 532 g/mol. The molecule has 1 aromatic heterocycles. The Bertz CT molecular complexity index is 1330. The molecule has 5 aliphatic rings. The number of nitrogens with zero attached hydrogens (tertiary/aromatic N) is 3. The molecule has 6 nitrogen and oxygen atoms in total. The van der Waals surface area contributed by atoms with Gasteiger partial charge in [0.25, 0.3) is 0 Å². The Hall–Kier alpha value is -2.29. The Morgan fingerprint density at radius 3 is 2.26 bits per heavy atom. The third kappa shape index (κ3) is 3.25. The van der Waals surface area contributed by atoms with Gasteiger partial charge in [-0.1, -0.05) is 54.5 Å². The molecule has 0 aromatic carbocycles. The highest BCUT2D eigenvalue weighted by Gasteiger charge is 2.72. The van der Waals surface area contributed by atoms with Crippen LogP contribution in [-0.4, -0.2) is 21.8 Å². The van der Waals surface area contributed by atoms with E-state index in [0.717, 1.165) is 50.8 Å². The number of fused-ring (bicyclic) bond motifs is 7. The van der Waals surface area contributed by atoms with E-state index in [9.17, 15) is 14.9 Å². The number of aromatic nitrogens is 2. The van der Waals surface area contributed by atoms with E-state index in [-0.39, 0.29) is 62.1 Å².